The van der Waals surface area contributed by atoms with Crippen LogP contribution in [0.2, 0.25) is 0 Å². The van der Waals surface area contributed by atoms with Crippen LogP contribution in [0.3, 0.4) is 0 Å². The Bertz CT molecular complexity index is 156. The molecule has 0 aliphatic carbocycles. The molecule has 0 spiro atoms. The Balaban J connectivity index is -0.000000167. The Kier molecular flexibility index (Phi) is 7.14. The van der Waals surface area contributed by atoms with E-state index >= 15 is 0 Å². The zero-order valence-corrected chi connectivity index (χ0v) is 9.97. The van der Waals surface area contributed by atoms with Gasteiger partial charge in [0.2, 0.25) is 0 Å². The molecule has 2 nitrogen and oxygen atoms in total. The van der Waals surface area contributed by atoms with Crippen LogP contribution in [0.15, 0.2) is 0 Å². The van der Waals surface area contributed by atoms with Crippen molar-refractivity contribution in [1.82, 2.24) is 0 Å². The fourth-order valence-corrected chi connectivity index (χ4v) is 1.16. The van der Waals surface area contributed by atoms with Crippen LogP contribution in [-0.2, 0) is 4.79 Å². The van der Waals surface area contributed by atoms with Gasteiger partial charge in [-0.3, -0.25) is 4.79 Å². The number of rotatable bonds is 4. The number of carboxylic acids is 1. The van der Waals surface area contributed by atoms with E-state index in [0.29, 0.717) is 6.42 Å². The second-order valence-electron chi connectivity index (χ2n) is 3.39. The molecule has 0 fully saturated rings. The van der Waals surface area contributed by atoms with E-state index in [0.717, 1.165) is 6.42 Å². The zero-order chi connectivity index (χ0) is 9.07. The largest absolute Gasteiger partial charge is 2.00 e. The summed E-state index contributed by atoms with van der Waals surface area (Å²) < 4.78 is 0. The predicted octanol–water partition coefficient (Wildman–Crippen LogP) is 2.38. The minimum Gasteiger partial charge on any atom is -1.00 e. The quantitative estimate of drug-likeness (QED) is 0.681. The van der Waals surface area contributed by atoms with Crippen LogP contribution in [-0.4, -0.2) is 34.1 Å². The number of carboxylic acid groups (broad SMARTS) is 1. The molecule has 1 N–H and O–H groups in total. The summed E-state index contributed by atoms with van der Waals surface area (Å²) in [6.07, 6.45) is 1.63. The third kappa shape index (κ3) is 2.94. The SMILES string of the molecule is CCC(C)C(C)(CC)C(=O)O.[H-].[H-].[Mg+2]. The molecular weight excluding hydrogens is 164 g/mol. The molecule has 0 rings (SSSR count). The van der Waals surface area contributed by atoms with Crippen molar-refractivity contribution in [2.24, 2.45) is 11.3 Å². The van der Waals surface area contributed by atoms with Crippen molar-refractivity contribution < 1.29 is 12.8 Å². The van der Waals surface area contributed by atoms with Gasteiger partial charge in [-0.25, -0.2) is 0 Å². The van der Waals surface area contributed by atoms with Crippen molar-refractivity contribution in [3.05, 3.63) is 0 Å². The van der Waals surface area contributed by atoms with E-state index in [1.54, 1.807) is 0 Å². The van der Waals surface area contributed by atoms with Crippen LogP contribution in [0.25, 0.3) is 0 Å². The average molecular weight is 185 g/mol. The maximum absolute atomic E-state index is 10.9. The van der Waals surface area contributed by atoms with Gasteiger partial charge in [-0.1, -0.05) is 27.2 Å². The van der Waals surface area contributed by atoms with E-state index in [9.17, 15) is 4.79 Å². The van der Waals surface area contributed by atoms with E-state index in [2.05, 4.69) is 0 Å². The number of carbonyl (C=O) groups is 1. The number of hydrogen-bond acceptors (Lipinski definition) is 1. The molecule has 70 valence electrons. The molecule has 0 aromatic heterocycles. The van der Waals surface area contributed by atoms with Gasteiger partial charge in [0, 0.05) is 0 Å². The maximum Gasteiger partial charge on any atom is 2.00 e. The fraction of sp³-hybridized carbons (Fsp3) is 0.889. The molecular formula is C9H20MgO2. The molecule has 0 amide bonds. The van der Waals surface area contributed by atoms with Gasteiger partial charge in [-0.05, 0) is 19.3 Å². The van der Waals surface area contributed by atoms with Crippen LogP contribution in [0.4, 0.5) is 0 Å². The molecule has 0 saturated carbocycles. The Hall–Kier alpha value is 0.236. The first-order valence-electron chi connectivity index (χ1n) is 4.22. The molecule has 0 saturated heterocycles. The third-order valence-electron chi connectivity index (χ3n) is 2.92. The van der Waals surface area contributed by atoms with Gasteiger partial charge >= 0.3 is 29.0 Å². The summed E-state index contributed by atoms with van der Waals surface area (Å²) in [7, 11) is 0. The summed E-state index contributed by atoms with van der Waals surface area (Å²) in [5.41, 5.74) is -0.533. The van der Waals surface area contributed by atoms with Gasteiger partial charge < -0.3 is 7.96 Å². The second kappa shape index (κ2) is 5.81. The van der Waals surface area contributed by atoms with E-state index in [1.807, 2.05) is 27.7 Å². The molecule has 0 aromatic carbocycles. The van der Waals surface area contributed by atoms with E-state index in [-0.39, 0.29) is 31.8 Å². The molecule has 0 radical (unpaired) electrons. The summed E-state index contributed by atoms with van der Waals surface area (Å²) in [4.78, 5) is 10.9. The van der Waals surface area contributed by atoms with Crippen LogP contribution >= 0.6 is 0 Å². The number of aliphatic carboxylic acids is 1. The van der Waals surface area contributed by atoms with E-state index in [1.165, 1.54) is 0 Å². The summed E-state index contributed by atoms with van der Waals surface area (Å²) in [5, 5.41) is 8.93. The molecule has 3 heteroatoms. The van der Waals surface area contributed by atoms with Crippen molar-refractivity contribution in [1.29, 1.82) is 0 Å². The average Bonchev–Trinajstić information content (AvgIpc) is 2.01. The van der Waals surface area contributed by atoms with Gasteiger partial charge in [0.1, 0.15) is 0 Å². The zero-order valence-electron chi connectivity index (χ0n) is 10.6. The topological polar surface area (TPSA) is 37.3 Å². The first-order chi connectivity index (χ1) is 4.99. The normalized spacial score (nSPS) is 17.3. The molecule has 2 unspecified atom stereocenters. The van der Waals surface area contributed by atoms with Gasteiger partial charge in [0.25, 0.3) is 0 Å². The summed E-state index contributed by atoms with van der Waals surface area (Å²) >= 11 is 0. The van der Waals surface area contributed by atoms with Crippen molar-refractivity contribution >= 4 is 29.0 Å². The van der Waals surface area contributed by atoms with Crippen molar-refractivity contribution in [3.8, 4) is 0 Å². The van der Waals surface area contributed by atoms with Gasteiger partial charge in [0.05, 0.1) is 5.41 Å². The van der Waals surface area contributed by atoms with Crippen LogP contribution in [0, 0.1) is 11.3 Å². The molecule has 0 aromatic rings. The Morgan fingerprint density at radius 2 is 2.00 bits per heavy atom. The predicted molar refractivity (Wildman–Crippen MR) is 53.5 cm³/mol. The molecule has 0 bridgehead atoms. The van der Waals surface area contributed by atoms with Gasteiger partial charge in [0.15, 0.2) is 0 Å². The van der Waals surface area contributed by atoms with E-state index < -0.39 is 11.4 Å². The summed E-state index contributed by atoms with van der Waals surface area (Å²) in [6.45, 7) is 7.78. The monoisotopic (exact) mass is 184 g/mol. The standard InChI is InChI=1S/C9H18O2.Mg.2H/c1-5-7(3)9(4,6-2)8(10)11;;;/h7H,5-6H2,1-4H3,(H,10,11);;;/q;+2;2*-1. The fourth-order valence-electron chi connectivity index (χ4n) is 1.16. The first kappa shape index (κ1) is 14.7. The van der Waals surface area contributed by atoms with Crippen LogP contribution in [0.1, 0.15) is 43.4 Å². The molecule has 12 heavy (non-hydrogen) atoms. The van der Waals surface area contributed by atoms with Crippen molar-refractivity contribution in [2.75, 3.05) is 0 Å². The Morgan fingerprint density at radius 1 is 1.58 bits per heavy atom. The van der Waals surface area contributed by atoms with Crippen LogP contribution < -0.4 is 0 Å². The molecule has 0 heterocycles. The summed E-state index contributed by atoms with van der Waals surface area (Å²) in [5.74, 6) is -0.417. The molecule has 0 aliphatic heterocycles. The second-order valence-corrected chi connectivity index (χ2v) is 3.39. The van der Waals surface area contributed by atoms with Crippen LogP contribution in [0.5, 0.6) is 0 Å². The Labute approximate surface area is 93.9 Å². The number of hydrogen-bond donors (Lipinski definition) is 1. The van der Waals surface area contributed by atoms with Crippen molar-refractivity contribution in [2.45, 2.75) is 40.5 Å². The third-order valence-corrected chi connectivity index (χ3v) is 2.92. The van der Waals surface area contributed by atoms with E-state index in [4.69, 9.17) is 5.11 Å². The maximum atomic E-state index is 10.9. The minimum atomic E-state index is -0.672. The molecule has 2 atom stereocenters. The first-order valence-corrected chi connectivity index (χ1v) is 4.22. The molecule has 0 aliphatic rings. The smallest absolute Gasteiger partial charge is 1.00 e. The summed E-state index contributed by atoms with van der Waals surface area (Å²) in [6, 6.07) is 0. The Morgan fingerprint density at radius 3 is 2.08 bits per heavy atom. The van der Waals surface area contributed by atoms with Gasteiger partial charge in [-0.2, -0.15) is 0 Å². The van der Waals surface area contributed by atoms with Crippen molar-refractivity contribution in [3.63, 3.8) is 0 Å². The van der Waals surface area contributed by atoms with Gasteiger partial charge in [-0.15, -0.1) is 0 Å². The minimum absolute atomic E-state index is 0.